The molecule has 0 heterocycles. The van der Waals surface area contributed by atoms with Gasteiger partial charge in [0.25, 0.3) is 0 Å². The highest BCUT2D eigenvalue weighted by Gasteiger charge is 2.29. The van der Waals surface area contributed by atoms with Crippen molar-refractivity contribution in [2.45, 2.75) is 98.3 Å². The highest BCUT2D eigenvalue weighted by Crippen LogP contribution is 2.40. The minimum absolute atomic E-state index is 0.0387. The number of unbranched alkanes of at least 4 members (excludes halogenated alkanes) is 2. The van der Waals surface area contributed by atoms with Crippen LogP contribution in [-0.4, -0.2) is 62.2 Å². The lowest BCUT2D eigenvalue weighted by molar-refractivity contribution is 0.254. The normalized spacial score (nSPS) is 12.3. The molecule has 0 spiro atoms. The van der Waals surface area contributed by atoms with Crippen LogP contribution in [0.15, 0.2) is 0 Å². The molecule has 2 N–H and O–H groups in total. The van der Waals surface area contributed by atoms with E-state index in [0.29, 0.717) is 0 Å². The minimum atomic E-state index is 0.0387. The van der Waals surface area contributed by atoms with Gasteiger partial charge >= 0.3 is 0 Å². The van der Waals surface area contributed by atoms with Gasteiger partial charge in [-0.05, 0) is 109 Å². The molecule has 4 nitrogen and oxygen atoms in total. The van der Waals surface area contributed by atoms with Gasteiger partial charge in [0.1, 0.15) is 0 Å². The van der Waals surface area contributed by atoms with E-state index in [-0.39, 0.29) is 5.41 Å². The van der Waals surface area contributed by atoms with Crippen LogP contribution in [0.3, 0.4) is 0 Å². The molecule has 220 valence electrons. The highest BCUT2D eigenvalue weighted by molar-refractivity contribution is 7.74. The van der Waals surface area contributed by atoms with Gasteiger partial charge in [0.2, 0.25) is 0 Å². The predicted molar refractivity (Wildman–Crippen MR) is 183 cm³/mol. The van der Waals surface area contributed by atoms with Crippen molar-refractivity contribution in [3.05, 3.63) is 29.2 Å². The second kappa shape index (κ2) is 17.3. The van der Waals surface area contributed by atoms with E-state index < -0.39 is 0 Å². The van der Waals surface area contributed by atoms with Crippen LogP contribution in [0, 0.1) is 25.0 Å². The molecule has 0 saturated heterocycles. The van der Waals surface area contributed by atoms with Gasteiger partial charge in [-0.2, -0.15) is 0 Å². The monoisotopic (exact) mass is 608 g/mol. The molecular formula is C31H52N4S4. The lowest BCUT2D eigenvalue weighted by atomic mass is 9.77. The first-order valence-corrected chi connectivity index (χ1v) is 16.8. The van der Waals surface area contributed by atoms with Crippen molar-refractivity contribution in [3.63, 3.8) is 0 Å². The highest BCUT2D eigenvalue weighted by atomic mass is 32.1. The van der Waals surface area contributed by atoms with Gasteiger partial charge in [-0.15, -0.1) is 0 Å². The van der Waals surface area contributed by atoms with Crippen molar-refractivity contribution in [3.8, 4) is 0 Å². The van der Waals surface area contributed by atoms with Crippen molar-refractivity contribution < 1.29 is 0 Å². The zero-order valence-electron chi connectivity index (χ0n) is 25.3. The number of hydrogen-bond donors (Lipinski definition) is 2. The maximum absolute atomic E-state index is 5.73. The van der Waals surface area contributed by atoms with Crippen LogP contribution < -0.4 is 10.6 Å². The van der Waals surface area contributed by atoms with Crippen LogP contribution in [0.4, 0.5) is 11.4 Å². The molecule has 0 aromatic heterocycles. The molecule has 0 fully saturated rings. The van der Waals surface area contributed by atoms with E-state index in [1.165, 1.54) is 50.8 Å². The average molecular weight is 609 g/mol. The average Bonchev–Trinajstić information content (AvgIpc) is 2.92. The maximum Gasteiger partial charge on any atom is 0.0796 e. The molecule has 0 aliphatic rings. The summed E-state index contributed by atoms with van der Waals surface area (Å²) in [4.78, 5) is 5.16. The molecule has 39 heavy (non-hydrogen) atoms. The fourth-order valence-electron chi connectivity index (χ4n) is 5.54. The number of anilines is 2. The van der Waals surface area contributed by atoms with E-state index in [1.807, 2.05) is 0 Å². The fourth-order valence-corrected chi connectivity index (χ4v) is 6.88. The first kappa shape index (κ1) is 34.6. The number of hydrogen-bond acceptors (Lipinski definition) is 8. The van der Waals surface area contributed by atoms with Gasteiger partial charge in [0.05, 0.1) is 29.4 Å². The summed E-state index contributed by atoms with van der Waals surface area (Å²) >= 11 is 22.0. The molecule has 0 unspecified atom stereocenters. The summed E-state index contributed by atoms with van der Waals surface area (Å²) in [6.07, 6.45) is 9.39. The fraction of sp³-hybridized carbons (Fsp3) is 0.742. The van der Waals surface area contributed by atoms with E-state index in [0.717, 1.165) is 93.5 Å². The molecule has 0 radical (unpaired) electrons. The second-order valence-electron chi connectivity index (χ2n) is 11.6. The smallest absolute Gasteiger partial charge is 0.0796 e. The summed E-state index contributed by atoms with van der Waals surface area (Å²) in [6.45, 7) is 22.4. The molecule has 2 aromatic carbocycles. The first-order chi connectivity index (χ1) is 18.6. The van der Waals surface area contributed by atoms with E-state index in [9.17, 15) is 0 Å². The zero-order chi connectivity index (χ0) is 29.0. The summed E-state index contributed by atoms with van der Waals surface area (Å²) in [5.41, 5.74) is 4.72. The van der Waals surface area contributed by atoms with Crippen molar-refractivity contribution in [2.24, 2.45) is 0 Å². The quantitative estimate of drug-likeness (QED) is 0.101. The van der Waals surface area contributed by atoms with Crippen LogP contribution >= 0.6 is 48.9 Å². The van der Waals surface area contributed by atoms with Crippen LogP contribution in [0.1, 0.15) is 97.1 Å². The van der Waals surface area contributed by atoms with E-state index in [2.05, 4.69) is 62.0 Å². The summed E-state index contributed by atoms with van der Waals surface area (Å²) in [6, 6.07) is 0. The minimum Gasteiger partial charge on any atom is -0.384 e. The van der Waals surface area contributed by atoms with Crippen molar-refractivity contribution in [1.82, 2.24) is 9.80 Å². The molecular weight excluding hydrogens is 557 g/mol. The Labute approximate surface area is 259 Å². The van der Waals surface area contributed by atoms with Crippen LogP contribution in [0.5, 0.6) is 0 Å². The molecule has 2 rings (SSSR count). The topological polar surface area (TPSA) is 30.5 Å². The molecule has 0 saturated carbocycles. The maximum atomic E-state index is 5.73. The van der Waals surface area contributed by atoms with Gasteiger partial charge in [-0.25, -0.2) is 0 Å². The lowest BCUT2D eigenvalue weighted by Crippen LogP contribution is -2.30. The van der Waals surface area contributed by atoms with Crippen LogP contribution in [-0.2, 0) is 5.41 Å². The van der Waals surface area contributed by atoms with Gasteiger partial charge < -0.3 is 20.4 Å². The summed E-state index contributed by atoms with van der Waals surface area (Å²) in [5, 5.41) is 7.15. The standard InChI is InChI=1S/C31H52N4S4/c1-7-18-34(9-3)20-12-10-17-33-26-24(28(37)30(26)39)31(5,6)15-14-22-35(19-8-2)21-13-11-16-32-25-23(4)27(36)29(25)38/h32-33H,7-22H2,1-6H3. The Morgan fingerprint density at radius 2 is 1.13 bits per heavy atom. The molecule has 0 amide bonds. The lowest BCUT2D eigenvalue weighted by Gasteiger charge is -2.32. The first-order valence-electron chi connectivity index (χ1n) is 15.1. The predicted octanol–water partition coefficient (Wildman–Crippen LogP) is 9.25. The van der Waals surface area contributed by atoms with Gasteiger partial charge in [0.15, 0.2) is 0 Å². The molecule has 0 bridgehead atoms. The Kier molecular flexibility index (Phi) is 15.4. The van der Waals surface area contributed by atoms with E-state index in [1.54, 1.807) is 0 Å². The summed E-state index contributed by atoms with van der Waals surface area (Å²) in [7, 11) is 0. The third-order valence-electron chi connectivity index (χ3n) is 7.94. The Morgan fingerprint density at radius 1 is 0.615 bits per heavy atom. The molecule has 2 aromatic rings. The van der Waals surface area contributed by atoms with Crippen LogP contribution in [0.2, 0.25) is 0 Å². The third kappa shape index (κ3) is 10.00. The van der Waals surface area contributed by atoms with Crippen molar-refractivity contribution in [1.29, 1.82) is 0 Å². The third-order valence-corrected chi connectivity index (χ3v) is 9.94. The van der Waals surface area contributed by atoms with Crippen molar-refractivity contribution >= 4 is 60.2 Å². The van der Waals surface area contributed by atoms with E-state index in [4.69, 9.17) is 48.9 Å². The SMILES string of the molecule is CCCN(CC)CCCCNc1c(C(C)(C)CCCN(CCC)CCCCNc2c(C)c(=S)c2=S)c(=S)c1=S. The Hall–Kier alpha value is -0.640. The molecule has 0 aliphatic heterocycles. The number of nitrogens with one attached hydrogen (secondary N) is 2. The van der Waals surface area contributed by atoms with Gasteiger partial charge in [-0.3, -0.25) is 0 Å². The Morgan fingerprint density at radius 3 is 1.69 bits per heavy atom. The number of rotatable bonds is 22. The molecule has 8 heteroatoms. The van der Waals surface area contributed by atoms with Gasteiger partial charge in [-0.1, -0.05) is 83.5 Å². The van der Waals surface area contributed by atoms with Gasteiger partial charge in [0, 0.05) is 18.7 Å². The molecule has 0 atom stereocenters. The summed E-state index contributed by atoms with van der Waals surface area (Å²) < 4.78 is 3.47. The summed E-state index contributed by atoms with van der Waals surface area (Å²) in [5.74, 6) is 0. The number of nitrogens with zero attached hydrogens (tertiary/aromatic N) is 2. The second-order valence-corrected chi connectivity index (χ2v) is 13.2. The van der Waals surface area contributed by atoms with Crippen molar-refractivity contribution in [2.75, 3.05) is 63.0 Å². The van der Waals surface area contributed by atoms with Crippen LogP contribution in [0.25, 0.3) is 0 Å². The zero-order valence-corrected chi connectivity index (χ0v) is 28.6. The molecule has 0 aliphatic carbocycles. The Bertz CT molecular complexity index is 1160. The Balaban J connectivity index is 1.76. The largest absolute Gasteiger partial charge is 0.384 e. The van der Waals surface area contributed by atoms with E-state index >= 15 is 0 Å².